The first-order chi connectivity index (χ1) is 7.59. The molecule has 17 heavy (non-hydrogen) atoms. The second kappa shape index (κ2) is 6.05. The molecular weight excluding hydrogens is 236 g/mol. The molecule has 3 nitrogen and oxygen atoms in total. The number of likely N-dealkylation sites (tertiary alicyclic amines) is 1. The number of amides is 1. The number of carbonyl (C=O) groups excluding carboxylic acids is 1. The molecule has 100 valence electrons. The Morgan fingerprint density at radius 3 is 2.35 bits per heavy atom. The van der Waals surface area contributed by atoms with Gasteiger partial charge in [0.1, 0.15) is 0 Å². The van der Waals surface area contributed by atoms with Gasteiger partial charge in [0.15, 0.2) is 0 Å². The lowest BCUT2D eigenvalue weighted by Gasteiger charge is -2.41. The van der Waals surface area contributed by atoms with Crippen molar-refractivity contribution in [1.29, 1.82) is 0 Å². The summed E-state index contributed by atoms with van der Waals surface area (Å²) in [6.07, 6.45) is 6.41. The van der Waals surface area contributed by atoms with Crippen LogP contribution < -0.4 is 5.32 Å². The highest BCUT2D eigenvalue weighted by molar-refractivity contribution is 5.85. The van der Waals surface area contributed by atoms with Gasteiger partial charge in [0.05, 0.1) is 0 Å². The van der Waals surface area contributed by atoms with Gasteiger partial charge in [-0.25, -0.2) is 0 Å². The van der Waals surface area contributed by atoms with Crippen LogP contribution in [0.1, 0.15) is 46.0 Å². The molecule has 0 atom stereocenters. The van der Waals surface area contributed by atoms with Gasteiger partial charge >= 0.3 is 0 Å². The maximum Gasteiger partial charge on any atom is 0.219 e. The fourth-order valence-corrected chi connectivity index (χ4v) is 2.75. The Bertz CT molecular complexity index is 258. The molecule has 1 saturated heterocycles. The zero-order valence-electron chi connectivity index (χ0n) is 11.0. The third-order valence-electron chi connectivity index (χ3n) is 4.32. The fourth-order valence-electron chi connectivity index (χ4n) is 2.75. The molecule has 0 aromatic heterocycles. The van der Waals surface area contributed by atoms with Gasteiger partial charge in [-0.15, -0.1) is 12.4 Å². The molecule has 0 unspecified atom stereocenters. The summed E-state index contributed by atoms with van der Waals surface area (Å²) in [5.74, 6) is 0.226. The minimum atomic E-state index is 0. The number of hydrogen-bond acceptors (Lipinski definition) is 2. The Kier molecular flexibility index (Phi) is 5.26. The summed E-state index contributed by atoms with van der Waals surface area (Å²) in [5, 5.41) is 3.69. The zero-order valence-corrected chi connectivity index (χ0v) is 11.8. The van der Waals surface area contributed by atoms with E-state index in [1.54, 1.807) is 6.92 Å². The van der Waals surface area contributed by atoms with Crippen LogP contribution in [-0.4, -0.2) is 36.5 Å². The van der Waals surface area contributed by atoms with Crippen LogP contribution in [0.15, 0.2) is 0 Å². The third kappa shape index (κ3) is 3.85. The maximum atomic E-state index is 11.2. The van der Waals surface area contributed by atoms with Crippen LogP contribution in [0.25, 0.3) is 0 Å². The third-order valence-corrected chi connectivity index (χ3v) is 4.32. The van der Waals surface area contributed by atoms with Crippen molar-refractivity contribution < 1.29 is 4.79 Å². The van der Waals surface area contributed by atoms with E-state index in [-0.39, 0.29) is 18.3 Å². The number of piperidine rings is 1. The lowest BCUT2D eigenvalue weighted by molar-refractivity contribution is -0.129. The first-order valence-electron chi connectivity index (χ1n) is 6.58. The van der Waals surface area contributed by atoms with Crippen molar-refractivity contribution >= 4 is 18.3 Å². The molecule has 1 heterocycles. The van der Waals surface area contributed by atoms with Gasteiger partial charge in [0.25, 0.3) is 0 Å². The average molecular weight is 261 g/mol. The van der Waals surface area contributed by atoms with Crippen molar-refractivity contribution in [2.45, 2.75) is 52.0 Å². The van der Waals surface area contributed by atoms with Crippen LogP contribution >= 0.6 is 12.4 Å². The van der Waals surface area contributed by atoms with Crippen LogP contribution in [0, 0.1) is 5.41 Å². The Labute approximate surface area is 111 Å². The second-order valence-electron chi connectivity index (χ2n) is 5.83. The molecule has 1 N–H and O–H groups in total. The highest BCUT2D eigenvalue weighted by Crippen LogP contribution is 2.39. The van der Waals surface area contributed by atoms with E-state index in [4.69, 9.17) is 0 Å². The van der Waals surface area contributed by atoms with Gasteiger partial charge < -0.3 is 10.2 Å². The summed E-state index contributed by atoms with van der Waals surface area (Å²) >= 11 is 0. The van der Waals surface area contributed by atoms with Crippen molar-refractivity contribution in [2.75, 3.05) is 19.6 Å². The molecule has 0 bridgehead atoms. The first kappa shape index (κ1) is 14.8. The summed E-state index contributed by atoms with van der Waals surface area (Å²) in [5.41, 5.74) is 0.567. The van der Waals surface area contributed by atoms with E-state index >= 15 is 0 Å². The van der Waals surface area contributed by atoms with E-state index in [1.807, 2.05) is 4.90 Å². The van der Waals surface area contributed by atoms with E-state index in [1.165, 1.54) is 19.3 Å². The van der Waals surface area contributed by atoms with Gasteiger partial charge in [0, 0.05) is 32.6 Å². The molecule has 0 aromatic rings. The van der Waals surface area contributed by atoms with E-state index in [2.05, 4.69) is 12.2 Å². The molecule has 1 aliphatic carbocycles. The number of rotatable bonds is 3. The highest BCUT2D eigenvalue weighted by atomic mass is 35.5. The summed E-state index contributed by atoms with van der Waals surface area (Å²) in [7, 11) is 0. The van der Waals surface area contributed by atoms with Crippen molar-refractivity contribution in [2.24, 2.45) is 5.41 Å². The van der Waals surface area contributed by atoms with Gasteiger partial charge in [-0.3, -0.25) is 4.79 Å². The van der Waals surface area contributed by atoms with Crippen molar-refractivity contribution in [1.82, 2.24) is 10.2 Å². The lowest BCUT2D eigenvalue weighted by atomic mass is 9.70. The largest absolute Gasteiger partial charge is 0.343 e. The number of nitrogens with one attached hydrogen (secondary N) is 1. The molecule has 2 rings (SSSR count). The highest BCUT2D eigenvalue weighted by Gasteiger charge is 2.32. The van der Waals surface area contributed by atoms with Crippen LogP contribution in [0.3, 0.4) is 0 Å². The summed E-state index contributed by atoms with van der Waals surface area (Å²) in [6.45, 7) is 7.09. The average Bonchev–Trinajstić information content (AvgIpc) is 2.24. The van der Waals surface area contributed by atoms with Crippen LogP contribution in [-0.2, 0) is 4.79 Å². The molecular formula is C13H25ClN2O. The minimum absolute atomic E-state index is 0. The standard InChI is InChI=1S/C13H24N2O.ClH/c1-11(16)15-8-4-12(5-9-15)14-10-13(2)6-3-7-13;/h12,14H,3-10H2,1-2H3;1H. The Morgan fingerprint density at radius 1 is 1.35 bits per heavy atom. The van der Waals surface area contributed by atoms with E-state index in [9.17, 15) is 4.79 Å². The lowest BCUT2D eigenvalue weighted by Crippen LogP contribution is -2.47. The van der Waals surface area contributed by atoms with Crippen LogP contribution in [0.5, 0.6) is 0 Å². The Morgan fingerprint density at radius 2 is 1.94 bits per heavy atom. The number of carbonyl (C=O) groups is 1. The molecule has 1 amide bonds. The zero-order chi connectivity index (χ0) is 11.6. The van der Waals surface area contributed by atoms with Gasteiger partial charge in [-0.05, 0) is 31.1 Å². The maximum absolute atomic E-state index is 11.2. The Hall–Kier alpha value is -0.280. The number of nitrogens with zero attached hydrogens (tertiary/aromatic N) is 1. The predicted molar refractivity (Wildman–Crippen MR) is 72.5 cm³/mol. The molecule has 4 heteroatoms. The molecule has 1 aliphatic heterocycles. The quantitative estimate of drug-likeness (QED) is 0.844. The van der Waals surface area contributed by atoms with Gasteiger partial charge in [-0.2, -0.15) is 0 Å². The van der Waals surface area contributed by atoms with Crippen molar-refractivity contribution in [3.8, 4) is 0 Å². The summed E-state index contributed by atoms with van der Waals surface area (Å²) < 4.78 is 0. The minimum Gasteiger partial charge on any atom is -0.343 e. The van der Waals surface area contributed by atoms with E-state index in [0.29, 0.717) is 11.5 Å². The molecule has 0 radical (unpaired) electrons. The predicted octanol–water partition coefficient (Wildman–Crippen LogP) is 2.20. The van der Waals surface area contributed by atoms with E-state index in [0.717, 1.165) is 32.5 Å². The monoisotopic (exact) mass is 260 g/mol. The molecule has 2 aliphatic rings. The topological polar surface area (TPSA) is 32.3 Å². The first-order valence-corrected chi connectivity index (χ1v) is 6.58. The molecule has 0 spiro atoms. The van der Waals surface area contributed by atoms with Crippen LogP contribution in [0.4, 0.5) is 0 Å². The molecule has 0 aromatic carbocycles. The SMILES string of the molecule is CC(=O)N1CCC(NCC2(C)CCC2)CC1.Cl. The smallest absolute Gasteiger partial charge is 0.219 e. The number of halogens is 1. The fraction of sp³-hybridized carbons (Fsp3) is 0.923. The number of hydrogen-bond donors (Lipinski definition) is 1. The normalized spacial score (nSPS) is 23.8. The summed E-state index contributed by atoms with van der Waals surface area (Å²) in [4.78, 5) is 13.1. The van der Waals surface area contributed by atoms with E-state index < -0.39 is 0 Å². The van der Waals surface area contributed by atoms with Gasteiger partial charge in [-0.1, -0.05) is 13.3 Å². The van der Waals surface area contributed by atoms with Crippen LogP contribution in [0.2, 0.25) is 0 Å². The van der Waals surface area contributed by atoms with Gasteiger partial charge in [0.2, 0.25) is 5.91 Å². The molecule has 1 saturated carbocycles. The Balaban J connectivity index is 0.00000144. The summed E-state index contributed by atoms with van der Waals surface area (Å²) in [6, 6.07) is 0.632. The second-order valence-corrected chi connectivity index (χ2v) is 5.83. The molecule has 2 fully saturated rings. The van der Waals surface area contributed by atoms with Crippen molar-refractivity contribution in [3.63, 3.8) is 0 Å². The van der Waals surface area contributed by atoms with Crippen molar-refractivity contribution in [3.05, 3.63) is 0 Å².